The van der Waals surface area contributed by atoms with Gasteiger partial charge in [-0.1, -0.05) is 35.9 Å². The molecule has 0 atom stereocenters. The number of aromatic nitrogens is 4. The van der Waals surface area contributed by atoms with Gasteiger partial charge in [-0.2, -0.15) is 0 Å². The Morgan fingerprint density at radius 2 is 2.03 bits per heavy atom. The number of hydrogen-bond donors (Lipinski definition) is 0. The van der Waals surface area contributed by atoms with Crippen LogP contribution in [0.3, 0.4) is 0 Å². The SMILES string of the molecule is CN(CCn1ccnc1)Cc1c(C(=O)N2CCc3ccccc3C2)nc2ccc(Cl)cn12. The van der Waals surface area contributed by atoms with Crippen molar-refractivity contribution in [3.8, 4) is 0 Å². The van der Waals surface area contributed by atoms with Gasteiger partial charge in [0.15, 0.2) is 5.69 Å². The van der Waals surface area contributed by atoms with E-state index in [0.717, 1.165) is 30.9 Å². The summed E-state index contributed by atoms with van der Waals surface area (Å²) in [6, 6.07) is 12.0. The molecule has 1 aliphatic rings. The van der Waals surface area contributed by atoms with Gasteiger partial charge in [0, 0.05) is 51.3 Å². The fraction of sp³-hybridized carbons (Fsp3) is 0.292. The van der Waals surface area contributed by atoms with Gasteiger partial charge in [-0.15, -0.1) is 0 Å². The molecule has 3 aromatic heterocycles. The molecular formula is C24H25ClN6O. The molecule has 1 amide bonds. The van der Waals surface area contributed by atoms with E-state index in [0.29, 0.717) is 30.4 Å². The predicted octanol–water partition coefficient (Wildman–Crippen LogP) is 3.51. The van der Waals surface area contributed by atoms with E-state index >= 15 is 0 Å². The Balaban J connectivity index is 1.42. The number of halogens is 1. The molecule has 4 heterocycles. The Bertz CT molecular complexity index is 1250. The molecule has 0 unspecified atom stereocenters. The lowest BCUT2D eigenvalue weighted by Gasteiger charge is -2.28. The van der Waals surface area contributed by atoms with E-state index in [1.165, 1.54) is 11.1 Å². The highest BCUT2D eigenvalue weighted by Crippen LogP contribution is 2.23. The van der Waals surface area contributed by atoms with Crippen LogP contribution in [0.1, 0.15) is 27.3 Å². The molecule has 8 heteroatoms. The average Bonchev–Trinajstić information content (AvgIpc) is 3.45. The van der Waals surface area contributed by atoms with E-state index in [1.807, 2.05) is 57.8 Å². The molecule has 1 aromatic carbocycles. The van der Waals surface area contributed by atoms with Gasteiger partial charge in [-0.3, -0.25) is 9.69 Å². The van der Waals surface area contributed by atoms with Crippen LogP contribution in [0.15, 0.2) is 61.3 Å². The van der Waals surface area contributed by atoms with Gasteiger partial charge in [0.05, 0.1) is 17.0 Å². The summed E-state index contributed by atoms with van der Waals surface area (Å²) in [5, 5.41) is 0.614. The summed E-state index contributed by atoms with van der Waals surface area (Å²) >= 11 is 6.28. The highest BCUT2D eigenvalue weighted by Gasteiger charge is 2.27. The maximum Gasteiger partial charge on any atom is 0.274 e. The summed E-state index contributed by atoms with van der Waals surface area (Å²) in [6.45, 7) is 3.52. The van der Waals surface area contributed by atoms with Crippen molar-refractivity contribution >= 4 is 23.2 Å². The molecule has 0 bridgehead atoms. The third-order valence-electron chi connectivity index (χ3n) is 6.02. The summed E-state index contributed by atoms with van der Waals surface area (Å²) in [7, 11) is 2.05. The molecule has 0 saturated heterocycles. The largest absolute Gasteiger partial charge is 0.336 e. The normalized spacial score (nSPS) is 13.7. The number of hydrogen-bond acceptors (Lipinski definition) is 4. The van der Waals surface area contributed by atoms with Gasteiger partial charge in [0.1, 0.15) is 5.65 Å². The summed E-state index contributed by atoms with van der Waals surface area (Å²) in [6.07, 6.45) is 8.24. The zero-order valence-corrected chi connectivity index (χ0v) is 18.7. The first kappa shape index (κ1) is 20.7. The van der Waals surface area contributed by atoms with Crippen molar-refractivity contribution in [2.45, 2.75) is 26.1 Å². The Morgan fingerprint density at radius 3 is 2.84 bits per heavy atom. The number of amides is 1. The quantitative estimate of drug-likeness (QED) is 0.453. The molecule has 0 aliphatic carbocycles. The molecule has 5 rings (SSSR count). The lowest BCUT2D eigenvalue weighted by Crippen LogP contribution is -2.37. The number of pyridine rings is 1. The molecule has 0 N–H and O–H groups in total. The van der Waals surface area contributed by atoms with E-state index in [2.05, 4.69) is 28.1 Å². The maximum absolute atomic E-state index is 13.6. The Hall–Kier alpha value is -3.16. The number of rotatable bonds is 6. The van der Waals surface area contributed by atoms with E-state index in [1.54, 1.807) is 6.20 Å². The zero-order chi connectivity index (χ0) is 22.1. The first-order chi connectivity index (χ1) is 15.6. The topological polar surface area (TPSA) is 58.7 Å². The minimum Gasteiger partial charge on any atom is -0.336 e. The predicted molar refractivity (Wildman–Crippen MR) is 124 cm³/mol. The fourth-order valence-corrected chi connectivity index (χ4v) is 4.41. The average molecular weight is 449 g/mol. The maximum atomic E-state index is 13.6. The molecular weight excluding hydrogens is 424 g/mol. The van der Waals surface area contributed by atoms with Crippen LogP contribution in [0.4, 0.5) is 0 Å². The monoisotopic (exact) mass is 448 g/mol. The lowest BCUT2D eigenvalue weighted by atomic mass is 9.99. The van der Waals surface area contributed by atoms with E-state index < -0.39 is 0 Å². The fourth-order valence-electron chi connectivity index (χ4n) is 4.25. The first-order valence-corrected chi connectivity index (χ1v) is 11.1. The Labute approximate surface area is 191 Å². The van der Waals surface area contributed by atoms with Crippen molar-refractivity contribution in [3.63, 3.8) is 0 Å². The minimum absolute atomic E-state index is 0.0302. The molecule has 1 aliphatic heterocycles. The molecule has 4 aromatic rings. The number of fused-ring (bicyclic) bond motifs is 2. The molecule has 7 nitrogen and oxygen atoms in total. The second-order valence-corrected chi connectivity index (χ2v) is 8.70. The van der Waals surface area contributed by atoms with Crippen LogP contribution < -0.4 is 0 Å². The van der Waals surface area contributed by atoms with Crippen LogP contribution in [0.2, 0.25) is 5.02 Å². The third-order valence-corrected chi connectivity index (χ3v) is 6.24. The van der Waals surface area contributed by atoms with Crippen LogP contribution in [-0.4, -0.2) is 54.8 Å². The number of imidazole rings is 2. The van der Waals surface area contributed by atoms with Crippen molar-refractivity contribution in [2.24, 2.45) is 0 Å². The number of nitrogens with zero attached hydrogens (tertiary/aromatic N) is 6. The summed E-state index contributed by atoms with van der Waals surface area (Å²) in [5.41, 5.74) is 4.62. The molecule has 0 radical (unpaired) electrons. The van der Waals surface area contributed by atoms with Gasteiger partial charge < -0.3 is 13.9 Å². The van der Waals surface area contributed by atoms with Crippen LogP contribution in [-0.2, 0) is 26.1 Å². The van der Waals surface area contributed by atoms with Crippen molar-refractivity contribution in [2.75, 3.05) is 20.1 Å². The molecule has 32 heavy (non-hydrogen) atoms. The van der Waals surface area contributed by atoms with E-state index in [9.17, 15) is 4.79 Å². The number of carbonyl (C=O) groups is 1. The molecule has 164 valence electrons. The minimum atomic E-state index is -0.0302. The molecule has 0 spiro atoms. The van der Waals surface area contributed by atoms with Crippen molar-refractivity contribution < 1.29 is 4.79 Å². The third kappa shape index (κ3) is 4.13. The number of likely N-dealkylation sites (N-methyl/N-ethyl adjacent to an activating group) is 1. The van der Waals surface area contributed by atoms with Crippen LogP contribution >= 0.6 is 11.6 Å². The number of carbonyl (C=O) groups excluding carboxylic acids is 1. The summed E-state index contributed by atoms with van der Waals surface area (Å²) < 4.78 is 3.99. The highest BCUT2D eigenvalue weighted by molar-refractivity contribution is 6.30. The number of benzene rings is 1. The summed E-state index contributed by atoms with van der Waals surface area (Å²) in [4.78, 5) is 26.5. The second kappa shape index (κ2) is 8.76. The highest BCUT2D eigenvalue weighted by atomic mass is 35.5. The van der Waals surface area contributed by atoms with Gasteiger partial charge >= 0.3 is 0 Å². The molecule has 0 saturated carbocycles. The second-order valence-electron chi connectivity index (χ2n) is 8.27. The van der Waals surface area contributed by atoms with Crippen LogP contribution in [0.25, 0.3) is 5.65 Å². The lowest BCUT2D eigenvalue weighted by molar-refractivity contribution is 0.0727. The van der Waals surface area contributed by atoms with Crippen LogP contribution in [0, 0.1) is 0 Å². The van der Waals surface area contributed by atoms with Crippen molar-refractivity contribution in [1.29, 1.82) is 0 Å². The van der Waals surface area contributed by atoms with Gasteiger partial charge in [0.25, 0.3) is 5.91 Å². The van der Waals surface area contributed by atoms with Gasteiger partial charge in [0.2, 0.25) is 0 Å². The van der Waals surface area contributed by atoms with E-state index in [-0.39, 0.29) is 5.91 Å². The van der Waals surface area contributed by atoms with Gasteiger partial charge in [-0.25, -0.2) is 9.97 Å². The standard InChI is InChI=1S/C24H25ClN6O/c1-28(12-13-29-11-9-26-17-29)16-21-23(27-22-7-6-20(25)15-31(21)22)24(32)30-10-8-18-4-2-3-5-19(18)14-30/h2-7,9,11,15,17H,8,10,12-14,16H2,1H3. The first-order valence-electron chi connectivity index (χ1n) is 10.8. The van der Waals surface area contributed by atoms with Gasteiger partial charge in [-0.05, 0) is 36.7 Å². The zero-order valence-electron chi connectivity index (χ0n) is 18.0. The molecule has 0 fully saturated rings. The Kier molecular flexibility index (Phi) is 5.68. The van der Waals surface area contributed by atoms with E-state index in [4.69, 9.17) is 16.6 Å². The van der Waals surface area contributed by atoms with Crippen LogP contribution in [0.5, 0.6) is 0 Å². The Morgan fingerprint density at radius 1 is 1.19 bits per heavy atom. The van der Waals surface area contributed by atoms with Crippen molar-refractivity contribution in [3.05, 3.63) is 88.9 Å². The smallest absolute Gasteiger partial charge is 0.274 e. The van der Waals surface area contributed by atoms with Crippen molar-refractivity contribution in [1.82, 2.24) is 28.7 Å². The summed E-state index contributed by atoms with van der Waals surface area (Å²) in [5.74, 6) is -0.0302.